The van der Waals surface area contributed by atoms with E-state index in [1.165, 1.54) is 17.0 Å². The van der Waals surface area contributed by atoms with Gasteiger partial charge in [0.05, 0.1) is 11.6 Å². The molecule has 1 aliphatic heterocycles. The quantitative estimate of drug-likeness (QED) is 0.784. The van der Waals surface area contributed by atoms with Gasteiger partial charge in [-0.15, -0.1) is 0 Å². The first kappa shape index (κ1) is 12.8. The summed E-state index contributed by atoms with van der Waals surface area (Å²) in [5.74, 6) is -1.08. The van der Waals surface area contributed by atoms with E-state index < -0.39 is 17.8 Å². The predicted molar refractivity (Wildman–Crippen MR) is 65.7 cm³/mol. The van der Waals surface area contributed by atoms with Crippen molar-refractivity contribution in [3.63, 3.8) is 0 Å². The monoisotopic (exact) mass is 266 g/mol. The molecule has 1 saturated heterocycles. The van der Waals surface area contributed by atoms with Gasteiger partial charge in [0.2, 0.25) is 0 Å². The molecule has 1 fully saturated rings. The molecule has 0 aliphatic carbocycles. The molecule has 1 atom stereocenters. The van der Waals surface area contributed by atoms with Crippen LogP contribution in [0.2, 0.25) is 5.02 Å². The van der Waals surface area contributed by atoms with Crippen molar-refractivity contribution in [2.24, 2.45) is 0 Å². The highest BCUT2D eigenvalue weighted by Crippen LogP contribution is 2.22. The van der Waals surface area contributed by atoms with Crippen molar-refractivity contribution >= 4 is 17.5 Å². The number of amides is 1. The Morgan fingerprint density at radius 3 is 2.94 bits per heavy atom. The fraction of sp³-hybridized carbons (Fsp3) is 0.385. The number of hydrogen-bond donors (Lipinski definition) is 0. The van der Waals surface area contributed by atoms with Crippen LogP contribution in [0.5, 0.6) is 0 Å². The molecular weight excluding hydrogens is 255 g/mol. The van der Waals surface area contributed by atoms with Crippen molar-refractivity contribution in [2.75, 3.05) is 6.54 Å². The van der Waals surface area contributed by atoms with E-state index in [9.17, 15) is 9.18 Å². The summed E-state index contributed by atoms with van der Waals surface area (Å²) in [6.07, 6.45) is 2.42. The van der Waals surface area contributed by atoms with E-state index in [1.54, 1.807) is 0 Å². The smallest absolute Gasteiger partial charge is 0.257 e. The van der Waals surface area contributed by atoms with Crippen molar-refractivity contribution in [1.29, 1.82) is 5.26 Å². The average molecular weight is 267 g/mol. The molecule has 1 unspecified atom stereocenters. The Morgan fingerprint density at radius 1 is 1.50 bits per heavy atom. The normalized spacial score (nSPS) is 19.4. The molecule has 3 nitrogen and oxygen atoms in total. The molecule has 94 valence electrons. The first-order valence-corrected chi connectivity index (χ1v) is 6.17. The predicted octanol–water partition coefficient (Wildman–Crippen LogP) is 3.00. The first-order chi connectivity index (χ1) is 8.63. The van der Waals surface area contributed by atoms with Crippen LogP contribution < -0.4 is 0 Å². The van der Waals surface area contributed by atoms with Crippen molar-refractivity contribution in [2.45, 2.75) is 25.3 Å². The number of halogens is 2. The molecule has 1 amide bonds. The minimum atomic E-state index is -0.644. The maximum Gasteiger partial charge on any atom is 0.257 e. The second-order valence-electron chi connectivity index (χ2n) is 4.26. The third-order valence-corrected chi connectivity index (χ3v) is 3.31. The number of carbonyl (C=O) groups is 1. The van der Waals surface area contributed by atoms with E-state index in [1.807, 2.05) is 0 Å². The highest BCUT2D eigenvalue weighted by molar-refractivity contribution is 6.30. The van der Waals surface area contributed by atoms with Crippen LogP contribution in [0.25, 0.3) is 0 Å². The molecule has 0 spiro atoms. The molecule has 1 heterocycles. The van der Waals surface area contributed by atoms with Gasteiger partial charge in [0.25, 0.3) is 5.91 Å². The maximum atomic E-state index is 13.7. The Morgan fingerprint density at radius 2 is 2.28 bits per heavy atom. The Labute approximate surface area is 110 Å². The largest absolute Gasteiger partial charge is 0.323 e. The number of hydrogen-bond acceptors (Lipinski definition) is 2. The molecule has 1 aliphatic rings. The van der Waals surface area contributed by atoms with Crippen molar-refractivity contribution in [1.82, 2.24) is 4.90 Å². The zero-order valence-electron chi connectivity index (χ0n) is 9.70. The number of nitriles is 1. The van der Waals surface area contributed by atoms with Crippen LogP contribution in [0.4, 0.5) is 4.39 Å². The van der Waals surface area contributed by atoms with Gasteiger partial charge in [-0.05, 0) is 37.5 Å². The molecule has 0 bridgehead atoms. The van der Waals surface area contributed by atoms with Crippen molar-refractivity contribution in [3.05, 3.63) is 34.6 Å². The van der Waals surface area contributed by atoms with Crippen LogP contribution in [0.3, 0.4) is 0 Å². The SMILES string of the molecule is N#CC1CCCCN1C(=O)c1ccc(Cl)cc1F. The standard InChI is InChI=1S/C13H12ClFN2O/c14-9-4-5-11(12(15)7-9)13(18)17-6-2-1-3-10(17)8-16/h4-5,7,10H,1-3,6H2. The number of rotatable bonds is 1. The van der Waals surface area contributed by atoms with E-state index >= 15 is 0 Å². The van der Waals surface area contributed by atoms with Gasteiger partial charge >= 0.3 is 0 Å². The summed E-state index contributed by atoms with van der Waals surface area (Å²) in [5, 5.41) is 9.26. The molecule has 1 aromatic carbocycles. The third kappa shape index (κ3) is 2.46. The highest BCUT2D eigenvalue weighted by Gasteiger charge is 2.28. The molecule has 2 rings (SSSR count). The summed E-state index contributed by atoms with van der Waals surface area (Å²) in [4.78, 5) is 13.6. The lowest BCUT2D eigenvalue weighted by Crippen LogP contribution is -2.43. The summed E-state index contributed by atoms with van der Waals surface area (Å²) in [5.41, 5.74) is -0.0263. The fourth-order valence-electron chi connectivity index (χ4n) is 2.13. The number of piperidine rings is 1. The van der Waals surface area contributed by atoms with Crippen LogP contribution in [-0.2, 0) is 0 Å². The molecule has 0 radical (unpaired) electrons. The Bertz CT molecular complexity index is 512. The van der Waals surface area contributed by atoms with Crippen molar-refractivity contribution < 1.29 is 9.18 Å². The topological polar surface area (TPSA) is 44.1 Å². The second-order valence-corrected chi connectivity index (χ2v) is 4.70. The van der Waals surface area contributed by atoms with Gasteiger partial charge in [-0.1, -0.05) is 11.6 Å². The van der Waals surface area contributed by atoms with Crippen LogP contribution >= 0.6 is 11.6 Å². The Kier molecular flexibility index (Phi) is 3.83. The first-order valence-electron chi connectivity index (χ1n) is 5.79. The second kappa shape index (κ2) is 5.36. The number of benzene rings is 1. The van der Waals surface area contributed by atoms with Crippen LogP contribution in [0.1, 0.15) is 29.6 Å². The van der Waals surface area contributed by atoms with Gasteiger partial charge in [-0.3, -0.25) is 4.79 Å². The lowest BCUT2D eigenvalue weighted by atomic mass is 10.0. The molecule has 1 aromatic rings. The molecule has 0 saturated carbocycles. The summed E-state index contributed by atoms with van der Waals surface area (Å²) in [6.45, 7) is 0.499. The summed E-state index contributed by atoms with van der Waals surface area (Å²) in [7, 11) is 0. The maximum absolute atomic E-state index is 13.7. The van der Waals surface area contributed by atoms with E-state index in [-0.39, 0.29) is 10.6 Å². The molecular formula is C13H12ClFN2O. The van der Waals surface area contributed by atoms with Gasteiger partial charge in [-0.2, -0.15) is 5.26 Å². The van der Waals surface area contributed by atoms with Gasteiger partial charge in [-0.25, -0.2) is 4.39 Å². The zero-order chi connectivity index (χ0) is 13.1. The van der Waals surface area contributed by atoms with Crippen LogP contribution in [0.15, 0.2) is 18.2 Å². The van der Waals surface area contributed by atoms with E-state index in [0.717, 1.165) is 18.9 Å². The molecule has 5 heteroatoms. The van der Waals surface area contributed by atoms with Gasteiger partial charge in [0.1, 0.15) is 11.9 Å². The number of nitrogens with zero attached hydrogens (tertiary/aromatic N) is 2. The highest BCUT2D eigenvalue weighted by atomic mass is 35.5. The van der Waals surface area contributed by atoms with E-state index in [0.29, 0.717) is 13.0 Å². The number of carbonyl (C=O) groups excluding carboxylic acids is 1. The number of likely N-dealkylation sites (tertiary alicyclic amines) is 1. The van der Waals surface area contributed by atoms with Gasteiger partial charge in [0, 0.05) is 11.6 Å². The third-order valence-electron chi connectivity index (χ3n) is 3.07. The zero-order valence-corrected chi connectivity index (χ0v) is 10.5. The minimum absolute atomic E-state index is 0.0263. The summed E-state index contributed by atoms with van der Waals surface area (Å²) >= 11 is 5.65. The summed E-state index contributed by atoms with van der Waals surface area (Å²) < 4.78 is 13.7. The molecule has 0 aromatic heterocycles. The van der Waals surface area contributed by atoms with E-state index in [2.05, 4.69) is 6.07 Å². The fourth-order valence-corrected chi connectivity index (χ4v) is 2.29. The average Bonchev–Trinajstić information content (AvgIpc) is 2.38. The Balaban J connectivity index is 2.27. The van der Waals surface area contributed by atoms with E-state index in [4.69, 9.17) is 16.9 Å². The van der Waals surface area contributed by atoms with Gasteiger partial charge in [0.15, 0.2) is 0 Å². The van der Waals surface area contributed by atoms with Crippen molar-refractivity contribution in [3.8, 4) is 6.07 Å². The lowest BCUT2D eigenvalue weighted by molar-refractivity contribution is 0.0666. The van der Waals surface area contributed by atoms with Gasteiger partial charge < -0.3 is 4.90 Å². The van der Waals surface area contributed by atoms with Crippen LogP contribution in [-0.4, -0.2) is 23.4 Å². The van der Waals surface area contributed by atoms with Crippen LogP contribution in [0, 0.1) is 17.1 Å². The summed E-state index contributed by atoms with van der Waals surface area (Å²) in [6, 6.07) is 5.59. The lowest BCUT2D eigenvalue weighted by Gasteiger charge is -2.31. The molecule has 0 N–H and O–H groups in total. The molecule has 18 heavy (non-hydrogen) atoms. The Hall–Kier alpha value is -1.60. The minimum Gasteiger partial charge on any atom is -0.323 e.